The van der Waals surface area contributed by atoms with Crippen LogP contribution in [0.15, 0.2) is 42.6 Å². The summed E-state index contributed by atoms with van der Waals surface area (Å²) in [6, 6.07) is 8.22. The van der Waals surface area contributed by atoms with E-state index in [4.69, 9.17) is 7.85 Å². The molecule has 0 fully saturated rings. The molecule has 0 saturated heterocycles. The molecule has 1 aromatic carbocycles. The van der Waals surface area contributed by atoms with Crippen LogP contribution < -0.4 is 15.4 Å². The van der Waals surface area contributed by atoms with Crippen molar-refractivity contribution in [1.82, 2.24) is 5.32 Å². The zero-order valence-corrected chi connectivity index (χ0v) is 14.2. The summed E-state index contributed by atoms with van der Waals surface area (Å²) in [6.07, 6.45) is 0. The number of halogens is 1. The van der Waals surface area contributed by atoms with Crippen LogP contribution in [0.5, 0.6) is 0 Å². The van der Waals surface area contributed by atoms with Crippen LogP contribution >= 0.6 is 11.3 Å². The summed E-state index contributed by atoms with van der Waals surface area (Å²) in [5.74, 6) is -0.520. The van der Waals surface area contributed by atoms with Crippen molar-refractivity contribution in [1.29, 1.82) is 0 Å². The first kappa shape index (κ1) is 17.3. The highest BCUT2D eigenvalue weighted by atomic mass is 32.1. The number of rotatable bonds is 5. The van der Waals surface area contributed by atoms with Crippen LogP contribution in [0.1, 0.15) is 29.1 Å². The molecule has 0 aliphatic heterocycles. The third-order valence-corrected chi connectivity index (χ3v) is 4.41. The molecule has 0 spiro atoms. The van der Waals surface area contributed by atoms with Crippen LogP contribution in [0.3, 0.4) is 0 Å². The number of hydrogen-bond donors (Lipinski definition) is 2. The number of benzene rings is 1. The van der Waals surface area contributed by atoms with Crippen molar-refractivity contribution < 1.29 is 9.18 Å². The van der Waals surface area contributed by atoms with Gasteiger partial charge >= 0.3 is 0 Å². The van der Waals surface area contributed by atoms with Crippen molar-refractivity contribution in [3.8, 4) is 0 Å². The van der Waals surface area contributed by atoms with Crippen molar-refractivity contribution in [2.75, 3.05) is 5.32 Å². The maximum Gasteiger partial charge on any atom is 0.262 e. The Kier molecular flexibility index (Phi) is 4.95. The minimum atomic E-state index is -0.725. The smallest absolute Gasteiger partial charge is 0.262 e. The molecule has 0 unspecified atom stereocenters. The Morgan fingerprint density at radius 2 is 2.00 bits per heavy atom. The molecule has 1 amide bonds. The molecule has 2 aromatic rings. The largest absolute Gasteiger partial charge is 0.357 e. The van der Waals surface area contributed by atoms with E-state index in [1.54, 1.807) is 31.2 Å². The predicted molar refractivity (Wildman–Crippen MR) is 95.2 cm³/mol. The van der Waals surface area contributed by atoms with E-state index >= 15 is 0 Å². The maximum atomic E-state index is 13.6. The highest BCUT2D eigenvalue weighted by Crippen LogP contribution is 2.21. The van der Waals surface area contributed by atoms with E-state index in [-0.39, 0.29) is 11.7 Å². The molecular weight excluding hydrogens is 310 g/mol. The lowest BCUT2D eigenvalue weighted by Gasteiger charge is -2.29. The third kappa shape index (κ3) is 4.23. The molecule has 1 heterocycles. The minimum Gasteiger partial charge on any atom is -0.357 e. The van der Waals surface area contributed by atoms with Crippen molar-refractivity contribution in [3.05, 3.63) is 58.9 Å². The highest BCUT2D eigenvalue weighted by molar-refractivity contribution is 7.21. The van der Waals surface area contributed by atoms with Gasteiger partial charge in [0.15, 0.2) is 0 Å². The zero-order valence-electron chi connectivity index (χ0n) is 13.4. The second-order valence-corrected chi connectivity index (χ2v) is 6.96. The Morgan fingerprint density at radius 1 is 1.30 bits per heavy atom. The number of nitrogens with one attached hydrogen (secondary N) is 2. The Balaban J connectivity index is 2.07. The number of carbonyl (C=O) groups excluding carboxylic acids is 1. The SMILES string of the molecule is [B]c1ccc(C(=O)NC(C)(C)C(=C)Nc2ccc(C)c(F)c2)s1. The Labute approximate surface area is 141 Å². The van der Waals surface area contributed by atoms with E-state index in [9.17, 15) is 9.18 Å². The van der Waals surface area contributed by atoms with Gasteiger partial charge in [0.1, 0.15) is 13.7 Å². The lowest BCUT2D eigenvalue weighted by molar-refractivity contribution is 0.0929. The number of anilines is 1. The van der Waals surface area contributed by atoms with Gasteiger partial charge in [0.05, 0.1) is 10.4 Å². The van der Waals surface area contributed by atoms with Crippen LogP contribution in [0, 0.1) is 12.7 Å². The molecule has 0 aliphatic carbocycles. The first-order chi connectivity index (χ1) is 10.7. The van der Waals surface area contributed by atoms with Crippen LogP contribution in [-0.4, -0.2) is 19.3 Å². The quantitative estimate of drug-likeness (QED) is 0.828. The maximum absolute atomic E-state index is 13.6. The second-order valence-electron chi connectivity index (χ2n) is 5.85. The van der Waals surface area contributed by atoms with Gasteiger partial charge in [0, 0.05) is 11.4 Å². The summed E-state index contributed by atoms with van der Waals surface area (Å²) in [7, 11) is 5.64. The fourth-order valence-electron chi connectivity index (χ4n) is 1.90. The third-order valence-electron chi connectivity index (χ3n) is 3.50. The lowest BCUT2D eigenvalue weighted by atomic mass is 10.0. The van der Waals surface area contributed by atoms with Gasteiger partial charge in [-0.2, -0.15) is 0 Å². The first-order valence-electron chi connectivity index (χ1n) is 7.09. The van der Waals surface area contributed by atoms with Gasteiger partial charge in [-0.25, -0.2) is 4.39 Å². The first-order valence-corrected chi connectivity index (χ1v) is 7.91. The van der Waals surface area contributed by atoms with E-state index in [2.05, 4.69) is 17.2 Å². The molecule has 2 N–H and O–H groups in total. The van der Waals surface area contributed by atoms with Crippen molar-refractivity contribution in [3.63, 3.8) is 0 Å². The number of aryl methyl sites for hydroxylation is 1. The van der Waals surface area contributed by atoms with Crippen molar-refractivity contribution >= 4 is 35.6 Å². The average molecular weight is 328 g/mol. The van der Waals surface area contributed by atoms with E-state index in [1.807, 2.05) is 13.8 Å². The van der Waals surface area contributed by atoms with Crippen LogP contribution in [0.4, 0.5) is 10.1 Å². The van der Waals surface area contributed by atoms with Gasteiger partial charge in [-0.05, 0) is 49.3 Å². The number of thiophene rings is 1. The fraction of sp³-hybridized carbons (Fsp3) is 0.235. The number of hydrogen-bond acceptors (Lipinski definition) is 3. The zero-order chi connectivity index (χ0) is 17.2. The molecule has 23 heavy (non-hydrogen) atoms. The van der Waals surface area contributed by atoms with Gasteiger partial charge in [-0.3, -0.25) is 4.79 Å². The minimum absolute atomic E-state index is 0.227. The Bertz CT molecular complexity index is 755. The molecular formula is C17H18BFN2OS. The molecule has 0 atom stereocenters. The average Bonchev–Trinajstić information content (AvgIpc) is 2.89. The monoisotopic (exact) mass is 328 g/mol. The Hall–Kier alpha value is -2.08. The molecule has 2 rings (SSSR count). The summed E-state index contributed by atoms with van der Waals surface area (Å²) in [4.78, 5) is 12.8. The molecule has 2 radical (unpaired) electrons. The summed E-state index contributed by atoms with van der Waals surface area (Å²) in [5.41, 5.74) is 0.987. The number of amides is 1. The molecule has 0 saturated carbocycles. The molecule has 6 heteroatoms. The molecule has 0 bridgehead atoms. The normalized spacial score (nSPS) is 11.1. The van der Waals surface area contributed by atoms with Gasteiger partial charge in [0.25, 0.3) is 5.91 Å². The van der Waals surface area contributed by atoms with E-state index in [0.717, 1.165) is 0 Å². The van der Waals surface area contributed by atoms with Gasteiger partial charge < -0.3 is 10.6 Å². The lowest BCUT2D eigenvalue weighted by Crippen LogP contribution is -2.46. The second kappa shape index (κ2) is 6.58. The predicted octanol–water partition coefficient (Wildman–Crippen LogP) is 3.12. The van der Waals surface area contributed by atoms with E-state index in [0.29, 0.717) is 26.6 Å². The molecule has 118 valence electrons. The summed E-state index contributed by atoms with van der Waals surface area (Å²) >= 11 is 1.22. The van der Waals surface area contributed by atoms with Crippen LogP contribution in [0.25, 0.3) is 0 Å². The van der Waals surface area contributed by atoms with E-state index in [1.165, 1.54) is 17.4 Å². The topological polar surface area (TPSA) is 41.1 Å². The molecule has 1 aromatic heterocycles. The fourth-order valence-corrected chi connectivity index (χ4v) is 2.57. The van der Waals surface area contributed by atoms with Gasteiger partial charge in [0.2, 0.25) is 0 Å². The summed E-state index contributed by atoms with van der Waals surface area (Å²) in [5, 5.41) is 5.93. The molecule has 3 nitrogen and oxygen atoms in total. The molecule has 0 aliphatic rings. The van der Waals surface area contributed by atoms with Crippen LogP contribution in [-0.2, 0) is 0 Å². The Morgan fingerprint density at radius 3 is 2.57 bits per heavy atom. The van der Waals surface area contributed by atoms with Gasteiger partial charge in [-0.1, -0.05) is 18.7 Å². The van der Waals surface area contributed by atoms with E-state index < -0.39 is 5.54 Å². The number of carbonyl (C=O) groups is 1. The summed E-state index contributed by atoms with van der Waals surface area (Å²) < 4.78 is 14.2. The highest BCUT2D eigenvalue weighted by Gasteiger charge is 2.25. The summed E-state index contributed by atoms with van der Waals surface area (Å²) in [6.45, 7) is 9.30. The standard InChI is InChI=1S/C17H18BFN2OS/c1-10-5-6-12(9-13(10)19)20-11(2)17(3,4)21-16(22)14-7-8-15(18)23-14/h5-9,20H,2H2,1,3-4H3,(H,21,22). The van der Waals surface area contributed by atoms with Crippen molar-refractivity contribution in [2.24, 2.45) is 0 Å². The van der Waals surface area contributed by atoms with Crippen molar-refractivity contribution in [2.45, 2.75) is 26.3 Å². The van der Waals surface area contributed by atoms with Crippen LogP contribution in [0.2, 0.25) is 0 Å². The van der Waals surface area contributed by atoms with Gasteiger partial charge in [-0.15, -0.1) is 11.3 Å².